The Morgan fingerprint density at radius 1 is 1.21 bits per heavy atom. The van der Waals surface area contributed by atoms with Crippen molar-refractivity contribution in [2.45, 2.75) is 51.4 Å². The molecule has 0 unspecified atom stereocenters. The van der Waals surface area contributed by atoms with Crippen LogP contribution in [0.5, 0.6) is 0 Å². The fourth-order valence-corrected chi connectivity index (χ4v) is 4.33. The van der Waals surface area contributed by atoms with E-state index in [0.717, 1.165) is 37.7 Å². The van der Waals surface area contributed by atoms with Crippen LogP contribution in [0, 0.1) is 0 Å². The molecule has 1 aromatic heterocycles. The predicted molar refractivity (Wildman–Crippen MR) is 107 cm³/mol. The first-order valence-corrected chi connectivity index (χ1v) is 10.9. The summed E-state index contributed by atoms with van der Waals surface area (Å²) in [5, 5.41) is 4.93. The standard InChI is InChI=1S/C20H26N2O6S/c1-2-27-20(26)18-14(13-7-8-13)12-29-19(18)21-15(23)11-28-17(25)10-22-9-5-3-4-6-16(22)24/h12-13H,2-11H2,1H3,(H,21,23). The molecule has 29 heavy (non-hydrogen) atoms. The van der Waals surface area contributed by atoms with Crippen LogP contribution in [-0.2, 0) is 23.9 Å². The van der Waals surface area contributed by atoms with E-state index >= 15 is 0 Å². The molecule has 1 aromatic rings. The lowest BCUT2D eigenvalue weighted by Crippen LogP contribution is -2.36. The lowest BCUT2D eigenvalue weighted by molar-refractivity contribution is -0.151. The number of hydrogen-bond acceptors (Lipinski definition) is 7. The second-order valence-electron chi connectivity index (χ2n) is 7.22. The lowest BCUT2D eigenvalue weighted by Gasteiger charge is -2.19. The Hall–Kier alpha value is -2.42. The zero-order valence-corrected chi connectivity index (χ0v) is 17.3. The van der Waals surface area contributed by atoms with Crippen molar-refractivity contribution in [2.75, 3.05) is 31.6 Å². The predicted octanol–water partition coefficient (Wildman–Crippen LogP) is 2.69. The Morgan fingerprint density at radius 2 is 2.00 bits per heavy atom. The molecule has 0 radical (unpaired) electrons. The highest BCUT2D eigenvalue weighted by Crippen LogP contribution is 2.46. The van der Waals surface area contributed by atoms with Crippen LogP contribution in [0.3, 0.4) is 0 Å². The minimum absolute atomic E-state index is 0.0610. The number of carbonyl (C=O) groups excluding carboxylic acids is 4. The molecule has 1 saturated heterocycles. The highest BCUT2D eigenvalue weighted by Gasteiger charge is 2.32. The fourth-order valence-electron chi connectivity index (χ4n) is 3.29. The zero-order valence-electron chi connectivity index (χ0n) is 16.5. The van der Waals surface area contributed by atoms with Gasteiger partial charge >= 0.3 is 11.9 Å². The summed E-state index contributed by atoms with van der Waals surface area (Å²) in [7, 11) is 0. The number of ether oxygens (including phenoxy) is 2. The number of nitrogens with zero attached hydrogens (tertiary/aromatic N) is 1. The summed E-state index contributed by atoms with van der Waals surface area (Å²) in [5.41, 5.74) is 1.30. The molecule has 2 fully saturated rings. The Kier molecular flexibility index (Phi) is 7.24. The van der Waals surface area contributed by atoms with Gasteiger partial charge in [0.2, 0.25) is 5.91 Å². The van der Waals surface area contributed by atoms with Crippen molar-refractivity contribution in [2.24, 2.45) is 0 Å². The average Bonchev–Trinajstić information content (AvgIpc) is 3.48. The monoisotopic (exact) mass is 422 g/mol. The molecule has 9 heteroatoms. The zero-order chi connectivity index (χ0) is 20.8. The Labute approximate surface area is 173 Å². The topological polar surface area (TPSA) is 102 Å². The fraction of sp³-hybridized carbons (Fsp3) is 0.600. The van der Waals surface area contributed by atoms with E-state index in [4.69, 9.17) is 9.47 Å². The molecular weight excluding hydrogens is 396 g/mol. The molecule has 1 saturated carbocycles. The number of esters is 2. The molecule has 2 heterocycles. The van der Waals surface area contributed by atoms with E-state index in [1.54, 1.807) is 6.92 Å². The normalized spacial score (nSPS) is 16.9. The molecule has 1 aliphatic heterocycles. The van der Waals surface area contributed by atoms with Crippen molar-refractivity contribution >= 4 is 40.1 Å². The quantitative estimate of drug-likeness (QED) is 0.646. The maximum absolute atomic E-state index is 12.3. The Balaban J connectivity index is 1.53. The van der Waals surface area contributed by atoms with Crippen LogP contribution in [0.4, 0.5) is 5.00 Å². The first kappa shape index (κ1) is 21.3. The number of rotatable bonds is 8. The van der Waals surface area contributed by atoms with Gasteiger partial charge in [0.05, 0.1) is 12.2 Å². The van der Waals surface area contributed by atoms with Crippen molar-refractivity contribution in [3.05, 3.63) is 16.5 Å². The summed E-state index contributed by atoms with van der Waals surface area (Å²) in [6.45, 7) is 1.89. The van der Waals surface area contributed by atoms with Gasteiger partial charge in [-0.1, -0.05) is 6.42 Å². The Bertz CT molecular complexity index is 786. The van der Waals surface area contributed by atoms with Gasteiger partial charge in [0, 0.05) is 13.0 Å². The van der Waals surface area contributed by atoms with Gasteiger partial charge in [-0.25, -0.2) is 4.79 Å². The van der Waals surface area contributed by atoms with Gasteiger partial charge in [0.25, 0.3) is 5.91 Å². The van der Waals surface area contributed by atoms with Crippen LogP contribution < -0.4 is 5.32 Å². The second-order valence-corrected chi connectivity index (χ2v) is 8.10. The largest absolute Gasteiger partial charge is 0.462 e. The Morgan fingerprint density at radius 3 is 2.72 bits per heavy atom. The molecule has 8 nitrogen and oxygen atoms in total. The molecule has 0 atom stereocenters. The number of likely N-dealkylation sites (tertiary alicyclic amines) is 1. The van der Waals surface area contributed by atoms with Gasteiger partial charge in [-0.15, -0.1) is 11.3 Å². The van der Waals surface area contributed by atoms with Gasteiger partial charge < -0.3 is 19.7 Å². The van der Waals surface area contributed by atoms with Crippen LogP contribution in [0.15, 0.2) is 5.38 Å². The van der Waals surface area contributed by atoms with E-state index in [0.29, 0.717) is 29.4 Å². The van der Waals surface area contributed by atoms with Gasteiger partial charge in [-0.3, -0.25) is 14.4 Å². The molecule has 3 rings (SSSR count). The minimum atomic E-state index is -0.620. The summed E-state index contributed by atoms with van der Waals surface area (Å²) >= 11 is 1.27. The van der Waals surface area contributed by atoms with Crippen LogP contribution >= 0.6 is 11.3 Å². The van der Waals surface area contributed by atoms with E-state index in [2.05, 4.69) is 5.32 Å². The molecule has 2 amide bonds. The third-order valence-electron chi connectivity index (χ3n) is 4.92. The van der Waals surface area contributed by atoms with E-state index in [-0.39, 0.29) is 19.1 Å². The number of amides is 2. The summed E-state index contributed by atoms with van der Waals surface area (Å²) < 4.78 is 10.1. The second kappa shape index (κ2) is 9.87. The maximum atomic E-state index is 12.3. The number of nitrogens with one attached hydrogen (secondary N) is 1. The SMILES string of the molecule is CCOC(=O)c1c(C2CC2)csc1NC(=O)COC(=O)CN1CCCCCC1=O. The summed E-state index contributed by atoms with van der Waals surface area (Å²) in [5.74, 6) is -1.33. The van der Waals surface area contributed by atoms with E-state index < -0.39 is 24.5 Å². The highest BCUT2D eigenvalue weighted by atomic mass is 32.1. The third kappa shape index (κ3) is 5.79. The van der Waals surface area contributed by atoms with Gasteiger partial charge in [0.15, 0.2) is 6.61 Å². The minimum Gasteiger partial charge on any atom is -0.462 e. The number of thiophene rings is 1. The molecule has 0 aromatic carbocycles. The summed E-state index contributed by atoms with van der Waals surface area (Å²) in [6.07, 6.45) is 5.13. The van der Waals surface area contributed by atoms with Crippen LogP contribution in [-0.4, -0.2) is 55.0 Å². The van der Waals surface area contributed by atoms with Crippen molar-refractivity contribution in [1.29, 1.82) is 0 Å². The third-order valence-corrected chi connectivity index (χ3v) is 5.84. The number of carbonyl (C=O) groups is 4. The van der Waals surface area contributed by atoms with Crippen molar-refractivity contribution in [3.63, 3.8) is 0 Å². The maximum Gasteiger partial charge on any atom is 0.341 e. The highest BCUT2D eigenvalue weighted by molar-refractivity contribution is 7.15. The molecular formula is C20H26N2O6S. The van der Waals surface area contributed by atoms with Crippen molar-refractivity contribution in [1.82, 2.24) is 4.90 Å². The van der Waals surface area contributed by atoms with Gasteiger partial charge in [-0.05, 0) is 49.5 Å². The first-order chi connectivity index (χ1) is 14.0. The summed E-state index contributed by atoms with van der Waals surface area (Å²) in [4.78, 5) is 50.0. The van der Waals surface area contributed by atoms with Gasteiger partial charge in [-0.2, -0.15) is 0 Å². The van der Waals surface area contributed by atoms with E-state index in [1.807, 2.05) is 5.38 Å². The summed E-state index contributed by atoms with van der Waals surface area (Å²) in [6, 6.07) is 0. The van der Waals surface area contributed by atoms with Crippen molar-refractivity contribution in [3.8, 4) is 0 Å². The van der Waals surface area contributed by atoms with E-state index in [1.165, 1.54) is 16.2 Å². The lowest BCUT2D eigenvalue weighted by atomic mass is 10.1. The molecule has 1 aliphatic carbocycles. The van der Waals surface area contributed by atoms with Crippen LogP contribution in [0.1, 0.15) is 67.3 Å². The van der Waals surface area contributed by atoms with Crippen LogP contribution in [0.25, 0.3) is 0 Å². The molecule has 0 spiro atoms. The van der Waals surface area contributed by atoms with Gasteiger partial charge in [0.1, 0.15) is 11.5 Å². The number of hydrogen-bond donors (Lipinski definition) is 1. The number of anilines is 1. The van der Waals surface area contributed by atoms with Crippen molar-refractivity contribution < 1.29 is 28.7 Å². The molecule has 2 aliphatic rings. The average molecular weight is 423 g/mol. The first-order valence-electron chi connectivity index (χ1n) is 10.0. The van der Waals surface area contributed by atoms with Crippen LogP contribution in [0.2, 0.25) is 0 Å². The molecule has 1 N–H and O–H groups in total. The molecule has 158 valence electrons. The smallest absolute Gasteiger partial charge is 0.341 e. The molecule has 0 bridgehead atoms. The van der Waals surface area contributed by atoms with E-state index in [9.17, 15) is 19.2 Å².